The van der Waals surface area contributed by atoms with Crippen molar-refractivity contribution in [3.63, 3.8) is 0 Å². The third-order valence-corrected chi connectivity index (χ3v) is 5.69. The number of benzene rings is 1. The molecule has 3 N–H and O–H groups in total. The molecule has 1 amide bonds. The Morgan fingerprint density at radius 1 is 1.32 bits per heavy atom. The lowest BCUT2D eigenvalue weighted by molar-refractivity contribution is 0.0949. The highest BCUT2D eigenvalue weighted by atomic mass is 35.5. The quantitative estimate of drug-likeness (QED) is 0.663. The Balaban J connectivity index is 0.00000576. The Labute approximate surface area is 156 Å². The van der Waals surface area contributed by atoms with Crippen LogP contribution in [-0.4, -0.2) is 51.4 Å². The fourth-order valence-electron chi connectivity index (χ4n) is 2.25. The zero-order valence-corrected chi connectivity index (χ0v) is 16.7. The molecule has 9 heteroatoms. The minimum atomic E-state index is -3.64. The molecule has 0 heterocycles. The first-order valence-electron chi connectivity index (χ1n) is 7.99. The molecule has 7 nitrogen and oxygen atoms in total. The number of methoxy groups -OCH3 is 1. The van der Waals surface area contributed by atoms with E-state index in [1.807, 2.05) is 6.92 Å². The average molecular weight is 394 g/mol. The second-order valence-electron chi connectivity index (χ2n) is 5.47. The summed E-state index contributed by atoms with van der Waals surface area (Å²) in [5.74, 6) is -0.0594. The fourth-order valence-corrected chi connectivity index (χ4v) is 3.73. The van der Waals surface area contributed by atoms with Crippen molar-refractivity contribution in [3.8, 4) is 5.75 Å². The van der Waals surface area contributed by atoms with Gasteiger partial charge in [0.2, 0.25) is 10.0 Å². The number of halogens is 1. The van der Waals surface area contributed by atoms with Gasteiger partial charge in [0.15, 0.2) is 0 Å². The number of hydrogen-bond donors (Lipinski definition) is 2. The van der Waals surface area contributed by atoms with Gasteiger partial charge in [0, 0.05) is 25.7 Å². The Kier molecular flexibility index (Phi) is 10.0. The predicted octanol–water partition coefficient (Wildman–Crippen LogP) is 1.61. The Morgan fingerprint density at radius 2 is 1.92 bits per heavy atom. The van der Waals surface area contributed by atoms with Crippen molar-refractivity contribution in [1.82, 2.24) is 9.62 Å². The summed E-state index contributed by atoms with van der Waals surface area (Å²) in [4.78, 5) is 12.4. The number of sulfonamides is 1. The number of amides is 1. The van der Waals surface area contributed by atoms with Crippen LogP contribution >= 0.6 is 12.4 Å². The average Bonchev–Trinajstić information content (AvgIpc) is 2.54. The SMILES string of the molecule is CCN(CC)S(=O)(=O)c1ccc(OC)c(C(=O)NCCC(C)N)c1.Cl. The molecule has 0 radical (unpaired) electrons. The lowest BCUT2D eigenvalue weighted by Crippen LogP contribution is -2.31. The van der Waals surface area contributed by atoms with Gasteiger partial charge < -0.3 is 15.8 Å². The summed E-state index contributed by atoms with van der Waals surface area (Å²) < 4.78 is 31.7. The molecule has 25 heavy (non-hydrogen) atoms. The minimum absolute atomic E-state index is 0. The monoisotopic (exact) mass is 393 g/mol. The summed E-state index contributed by atoms with van der Waals surface area (Å²) in [6.45, 7) is 6.52. The highest BCUT2D eigenvalue weighted by Crippen LogP contribution is 2.24. The van der Waals surface area contributed by atoms with Crippen molar-refractivity contribution in [2.75, 3.05) is 26.7 Å². The zero-order chi connectivity index (χ0) is 18.3. The van der Waals surface area contributed by atoms with Gasteiger partial charge in [-0.1, -0.05) is 13.8 Å². The second kappa shape index (κ2) is 10.6. The predicted molar refractivity (Wildman–Crippen MR) is 101 cm³/mol. The number of carbonyl (C=O) groups is 1. The molecule has 0 saturated heterocycles. The van der Waals surface area contributed by atoms with Crippen LogP contribution in [0.25, 0.3) is 0 Å². The molecule has 1 rings (SSSR count). The number of nitrogens with zero attached hydrogens (tertiary/aromatic N) is 1. The van der Waals surface area contributed by atoms with Gasteiger partial charge in [-0.2, -0.15) is 4.31 Å². The van der Waals surface area contributed by atoms with Crippen LogP contribution < -0.4 is 15.8 Å². The standard InChI is InChI=1S/C16H27N3O4S.ClH/c1-5-19(6-2)24(21,22)13-7-8-15(23-4)14(11-13)16(20)18-10-9-12(3)17;/h7-8,11-12H,5-6,9-10,17H2,1-4H3,(H,18,20);1H. The number of carbonyl (C=O) groups excluding carboxylic acids is 1. The molecule has 0 bridgehead atoms. The minimum Gasteiger partial charge on any atom is -0.496 e. The maximum absolute atomic E-state index is 12.6. The van der Waals surface area contributed by atoms with E-state index in [9.17, 15) is 13.2 Å². The van der Waals surface area contributed by atoms with Crippen LogP contribution in [0, 0.1) is 0 Å². The topological polar surface area (TPSA) is 102 Å². The summed E-state index contributed by atoms with van der Waals surface area (Å²) in [5.41, 5.74) is 5.85. The van der Waals surface area contributed by atoms with Gasteiger partial charge in [-0.3, -0.25) is 4.79 Å². The van der Waals surface area contributed by atoms with E-state index in [1.165, 1.54) is 29.6 Å². The number of nitrogens with one attached hydrogen (secondary N) is 1. The summed E-state index contributed by atoms with van der Waals surface area (Å²) in [6.07, 6.45) is 0.630. The van der Waals surface area contributed by atoms with Crippen molar-refractivity contribution in [3.05, 3.63) is 23.8 Å². The third-order valence-electron chi connectivity index (χ3n) is 3.64. The molecule has 0 spiro atoms. The lowest BCUT2D eigenvalue weighted by Gasteiger charge is -2.19. The van der Waals surface area contributed by atoms with E-state index >= 15 is 0 Å². The molecule has 1 atom stereocenters. The summed E-state index contributed by atoms with van der Waals surface area (Å²) >= 11 is 0. The van der Waals surface area contributed by atoms with Crippen molar-refractivity contribution >= 4 is 28.3 Å². The molecule has 0 aliphatic rings. The molecule has 0 aliphatic carbocycles. The van der Waals surface area contributed by atoms with Gasteiger partial charge in [0.05, 0.1) is 17.6 Å². The molecular weight excluding hydrogens is 366 g/mol. The largest absolute Gasteiger partial charge is 0.496 e. The van der Waals surface area contributed by atoms with Crippen LogP contribution in [0.3, 0.4) is 0 Å². The molecule has 0 aliphatic heterocycles. The lowest BCUT2D eigenvalue weighted by atomic mass is 10.2. The number of hydrogen-bond acceptors (Lipinski definition) is 5. The molecule has 0 aromatic heterocycles. The molecular formula is C16H28ClN3O4S. The van der Waals surface area contributed by atoms with Gasteiger partial charge in [0.25, 0.3) is 5.91 Å². The van der Waals surface area contributed by atoms with Crippen LogP contribution in [0.5, 0.6) is 5.75 Å². The first kappa shape index (κ1) is 23.6. The number of rotatable bonds is 9. The maximum atomic E-state index is 12.6. The maximum Gasteiger partial charge on any atom is 0.255 e. The van der Waals surface area contributed by atoms with Gasteiger partial charge in [-0.25, -0.2) is 8.42 Å². The normalized spacial score (nSPS) is 12.4. The first-order chi connectivity index (χ1) is 11.3. The van der Waals surface area contributed by atoms with Crippen LogP contribution in [0.1, 0.15) is 37.6 Å². The fraction of sp³-hybridized carbons (Fsp3) is 0.562. The highest BCUT2D eigenvalue weighted by molar-refractivity contribution is 7.89. The van der Waals surface area contributed by atoms with Gasteiger partial charge in [0.1, 0.15) is 5.75 Å². The summed E-state index contributed by atoms with van der Waals surface area (Å²) in [6, 6.07) is 4.28. The Morgan fingerprint density at radius 3 is 2.40 bits per heavy atom. The van der Waals surface area contributed by atoms with E-state index in [0.29, 0.717) is 31.8 Å². The van der Waals surface area contributed by atoms with E-state index in [4.69, 9.17) is 10.5 Å². The molecule has 0 saturated carbocycles. The second-order valence-corrected chi connectivity index (χ2v) is 7.41. The van der Waals surface area contributed by atoms with Crippen LogP contribution in [0.2, 0.25) is 0 Å². The smallest absolute Gasteiger partial charge is 0.255 e. The molecule has 0 fully saturated rings. The van der Waals surface area contributed by atoms with Crippen LogP contribution in [0.15, 0.2) is 23.1 Å². The van der Waals surface area contributed by atoms with E-state index in [0.717, 1.165) is 0 Å². The summed E-state index contributed by atoms with van der Waals surface area (Å²) in [7, 11) is -2.20. The number of ether oxygens (including phenoxy) is 1. The summed E-state index contributed by atoms with van der Waals surface area (Å²) in [5, 5.41) is 2.73. The van der Waals surface area contributed by atoms with Crippen molar-refractivity contribution < 1.29 is 17.9 Å². The van der Waals surface area contributed by atoms with E-state index in [1.54, 1.807) is 13.8 Å². The highest BCUT2D eigenvalue weighted by Gasteiger charge is 2.24. The number of nitrogens with two attached hydrogens (primary N) is 1. The van der Waals surface area contributed by atoms with Crippen LogP contribution in [-0.2, 0) is 10.0 Å². The van der Waals surface area contributed by atoms with E-state index < -0.39 is 10.0 Å². The van der Waals surface area contributed by atoms with Crippen molar-refractivity contribution in [1.29, 1.82) is 0 Å². The van der Waals surface area contributed by atoms with Crippen LogP contribution in [0.4, 0.5) is 0 Å². The van der Waals surface area contributed by atoms with E-state index in [2.05, 4.69) is 5.32 Å². The third kappa shape index (κ3) is 6.14. The molecule has 144 valence electrons. The molecule has 1 aromatic carbocycles. The zero-order valence-electron chi connectivity index (χ0n) is 15.1. The molecule has 1 unspecified atom stereocenters. The van der Waals surface area contributed by atoms with Crippen molar-refractivity contribution in [2.45, 2.75) is 38.1 Å². The first-order valence-corrected chi connectivity index (χ1v) is 9.43. The van der Waals surface area contributed by atoms with Gasteiger partial charge in [-0.05, 0) is 31.5 Å². The van der Waals surface area contributed by atoms with E-state index in [-0.39, 0.29) is 34.8 Å². The van der Waals surface area contributed by atoms with Gasteiger partial charge in [-0.15, -0.1) is 12.4 Å². The van der Waals surface area contributed by atoms with Crippen molar-refractivity contribution in [2.24, 2.45) is 5.73 Å². The molecule has 1 aromatic rings. The Bertz CT molecular complexity index is 661. The van der Waals surface area contributed by atoms with Gasteiger partial charge >= 0.3 is 0 Å². The Hall–Kier alpha value is -1.35.